The zero-order valence-electron chi connectivity index (χ0n) is 16.0. The van der Waals surface area contributed by atoms with Crippen molar-refractivity contribution in [3.05, 3.63) is 28.8 Å². The van der Waals surface area contributed by atoms with Gasteiger partial charge >= 0.3 is 0 Å². The summed E-state index contributed by atoms with van der Waals surface area (Å²) >= 11 is 6.25. The molecule has 0 spiro atoms. The largest absolute Gasteiger partial charge is 0.338 e. The van der Waals surface area contributed by atoms with Crippen LogP contribution < -0.4 is 0 Å². The standard InChI is InChI=1S/C20H29ClN2O3S/c1-2-11-22(15-16-7-8-16)20(24)17-9-10-18(21)19(14-17)27(25,26)23-12-5-3-4-6-13-23/h9-10,14,16H,2-8,11-13,15H2,1H3. The third kappa shape index (κ3) is 5.04. The Morgan fingerprint density at radius 1 is 1.19 bits per heavy atom. The second-order valence-electron chi connectivity index (χ2n) is 7.66. The lowest BCUT2D eigenvalue weighted by atomic mass is 10.2. The number of amides is 1. The van der Waals surface area contributed by atoms with Crippen LogP contribution in [0.3, 0.4) is 0 Å². The molecule has 1 saturated carbocycles. The van der Waals surface area contributed by atoms with E-state index in [4.69, 9.17) is 11.6 Å². The van der Waals surface area contributed by atoms with Crippen LogP contribution in [0.15, 0.2) is 23.1 Å². The summed E-state index contributed by atoms with van der Waals surface area (Å²) in [4.78, 5) is 14.9. The summed E-state index contributed by atoms with van der Waals surface area (Å²) in [7, 11) is -3.69. The Hall–Kier alpha value is -1.11. The van der Waals surface area contributed by atoms with Crippen LogP contribution in [0, 0.1) is 5.92 Å². The normalized spacial score (nSPS) is 18.9. The van der Waals surface area contributed by atoms with Crippen LogP contribution in [0.1, 0.15) is 62.2 Å². The molecule has 1 aromatic rings. The smallest absolute Gasteiger partial charge is 0.253 e. The van der Waals surface area contributed by atoms with Gasteiger partial charge in [-0.2, -0.15) is 4.31 Å². The van der Waals surface area contributed by atoms with E-state index in [-0.39, 0.29) is 15.8 Å². The molecule has 1 amide bonds. The van der Waals surface area contributed by atoms with E-state index in [1.807, 2.05) is 11.8 Å². The molecule has 0 N–H and O–H groups in total. The van der Waals surface area contributed by atoms with Gasteiger partial charge in [0.05, 0.1) is 5.02 Å². The van der Waals surface area contributed by atoms with Crippen molar-refractivity contribution in [3.63, 3.8) is 0 Å². The van der Waals surface area contributed by atoms with Crippen molar-refractivity contribution >= 4 is 27.5 Å². The lowest BCUT2D eigenvalue weighted by molar-refractivity contribution is 0.0747. The van der Waals surface area contributed by atoms with Gasteiger partial charge < -0.3 is 4.90 Å². The summed E-state index contributed by atoms with van der Waals surface area (Å²) in [6.07, 6.45) is 7.04. The first-order chi connectivity index (χ1) is 12.9. The monoisotopic (exact) mass is 412 g/mol. The van der Waals surface area contributed by atoms with Crippen molar-refractivity contribution < 1.29 is 13.2 Å². The van der Waals surface area contributed by atoms with E-state index in [1.165, 1.54) is 23.2 Å². The minimum atomic E-state index is -3.69. The molecule has 1 heterocycles. The van der Waals surface area contributed by atoms with Crippen molar-refractivity contribution in [2.24, 2.45) is 5.92 Å². The van der Waals surface area contributed by atoms with Gasteiger partial charge in [0.15, 0.2) is 0 Å². The number of hydrogen-bond acceptors (Lipinski definition) is 3. The summed E-state index contributed by atoms with van der Waals surface area (Å²) in [6.45, 7) is 4.51. The van der Waals surface area contributed by atoms with Gasteiger partial charge in [0.25, 0.3) is 5.91 Å². The number of rotatable bonds is 7. The molecule has 1 aliphatic heterocycles. The van der Waals surface area contributed by atoms with E-state index in [0.717, 1.165) is 38.6 Å². The molecule has 0 radical (unpaired) electrons. The highest BCUT2D eigenvalue weighted by Gasteiger charge is 2.30. The van der Waals surface area contributed by atoms with Crippen LogP contribution in [-0.2, 0) is 10.0 Å². The molecule has 2 aliphatic rings. The van der Waals surface area contributed by atoms with E-state index in [2.05, 4.69) is 0 Å². The first-order valence-corrected chi connectivity index (χ1v) is 11.8. The van der Waals surface area contributed by atoms with Gasteiger partial charge in [0, 0.05) is 31.7 Å². The number of carbonyl (C=O) groups is 1. The van der Waals surface area contributed by atoms with Gasteiger partial charge in [-0.1, -0.05) is 31.4 Å². The van der Waals surface area contributed by atoms with Crippen LogP contribution in [-0.4, -0.2) is 49.7 Å². The molecule has 7 heteroatoms. The van der Waals surface area contributed by atoms with Gasteiger partial charge in [0.2, 0.25) is 10.0 Å². The molecule has 150 valence electrons. The Morgan fingerprint density at radius 3 is 2.44 bits per heavy atom. The molecule has 5 nitrogen and oxygen atoms in total. The van der Waals surface area contributed by atoms with Crippen LogP contribution in [0.25, 0.3) is 0 Å². The maximum atomic E-state index is 13.1. The quantitative estimate of drug-likeness (QED) is 0.675. The minimum absolute atomic E-state index is 0.0554. The second-order valence-corrected chi connectivity index (χ2v) is 9.97. The van der Waals surface area contributed by atoms with E-state index >= 15 is 0 Å². The molecule has 0 atom stereocenters. The topological polar surface area (TPSA) is 57.7 Å². The number of nitrogens with zero attached hydrogens (tertiary/aromatic N) is 2. The van der Waals surface area contributed by atoms with Crippen LogP contribution in [0.5, 0.6) is 0 Å². The molecule has 27 heavy (non-hydrogen) atoms. The molecule has 0 unspecified atom stereocenters. The zero-order chi connectivity index (χ0) is 19.4. The van der Waals surface area contributed by atoms with E-state index < -0.39 is 10.0 Å². The number of sulfonamides is 1. The van der Waals surface area contributed by atoms with Gasteiger partial charge in [0.1, 0.15) is 4.90 Å². The number of halogens is 1. The van der Waals surface area contributed by atoms with E-state index in [0.29, 0.717) is 31.1 Å². The Morgan fingerprint density at radius 2 is 1.85 bits per heavy atom. The first kappa shape index (κ1) is 20.6. The molecule has 2 fully saturated rings. The van der Waals surface area contributed by atoms with Gasteiger partial charge in [-0.3, -0.25) is 4.79 Å². The Labute approximate surface area is 167 Å². The predicted molar refractivity (Wildman–Crippen MR) is 108 cm³/mol. The molecular weight excluding hydrogens is 384 g/mol. The summed E-state index contributed by atoms with van der Waals surface area (Å²) in [5.74, 6) is 0.487. The lowest BCUT2D eigenvalue weighted by Gasteiger charge is -2.24. The SMILES string of the molecule is CCCN(CC1CC1)C(=O)c1ccc(Cl)c(S(=O)(=O)N2CCCCCC2)c1. The van der Waals surface area contributed by atoms with Crippen LogP contribution in [0.4, 0.5) is 0 Å². The predicted octanol–water partition coefficient (Wildman–Crippen LogP) is 4.17. The average Bonchev–Trinajstić information content (AvgIpc) is 3.47. The van der Waals surface area contributed by atoms with Crippen molar-refractivity contribution in [1.29, 1.82) is 0 Å². The second kappa shape index (κ2) is 8.93. The highest BCUT2D eigenvalue weighted by molar-refractivity contribution is 7.89. The van der Waals surface area contributed by atoms with Gasteiger partial charge in [-0.15, -0.1) is 0 Å². The molecule has 1 aromatic carbocycles. The third-order valence-corrected chi connectivity index (χ3v) is 7.70. The average molecular weight is 413 g/mol. The summed E-state index contributed by atoms with van der Waals surface area (Å²) < 4.78 is 27.8. The minimum Gasteiger partial charge on any atom is -0.338 e. The van der Waals surface area contributed by atoms with Crippen LogP contribution >= 0.6 is 11.6 Å². The molecule has 1 saturated heterocycles. The van der Waals surface area contributed by atoms with E-state index in [1.54, 1.807) is 12.1 Å². The number of carbonyl (C=O) groups excluding carboxylic acids is 1. The Bertz CT molecular complexity index is 769. The van der Waals surface area contributed by atoms with Crippen molar-refractivity contribution in [2.75, 3.05) is 26.2 Å². The molecule has 0 bridgehead atoms. The van der Waals surface area contributed by atoms with Crippen LogP contribution in [0.2, 0.25) is 5.02 Å². The molecule has 0 aromatic heterocycles. The molecular formula is C20H29ClN2O3S. The Kier molecular flexibility index (Phi) is 6.82. The summed E-state index contributed by atoms with van der Waals surface area (Å²) in [5.41, 5.74) is 0.405. The van der Waals surface area contributed by atoms with Crippen molar-refractivity contribution in [2.45, 2.75) is 56.8 Å². The van der Waals surface area contributed by atoms with E-state index in [9.17, 15) is 13.2 Å². The van der Waals surface area contributed by atoms with Crippen molar-refractivity contribution in [1.82, 2.24) is 9.21 Å². The highest BCUT2D eigenvalue weighted by atomic mass is 35.5. The fraction of sp³-hybridized carbons (Fsp3) is 0.650. The summed E-state index contributed by atoms with van der Waals surface area (Å²) in [5, 5.41) is 0.181. The maximum Gasteiger partial charge on any atom is 0.253 e. The fourth-order valence-corrected chi connectivity index (χ4v) is 5.61. The van der Waals surface area contributed by atoms with Gasteiger partial charge in [-0.05, 0) is 56.2 Å². The number of hydrogen-bond donors (Lipinski definition) is 0. The zero-order valence-corrected chi connectivity index (χ0v) is 17.6. The van der Waals surface area contributed by atoms with Crippen molar-refractivity contribution in [3.8, 4) is 0 Å². The highest BCUT2D eigenvalue weighted by Crippen LogP contribution is 2.31. The molecule has 1 aliphatic carbocycles. The maximum absolute atomic E-state index is 13.1. The summed E-state index contributed by atoms with van der Waals surface area (Å²) in [6, 6.07) is 4.66. The Balaban J connectivity index is 1.87. The van der Waals surface area contributed by atoms with Gasteiger partial charge in [-0.25, -0.2) is 8.42 Å². The first-order valence-electron chi connectivity index (χ1n) is 10.0. The number of benzene rings is 1. The molecule has 3 rings (SSSR count). The lowest BCUT2D eigenvalue weighted by Crippen LogP contribution is -2.34. The fourth-order valence-electron chi connectivity index (χ4n) is 3.60. The third-order valence-electron chi connectivity index (χ3n) is 5.32.